The molecule has 3 aromatic carbocycles. The molecule has 1 fully saturated rings. The van der Waals surface area contributed by atoms with Gasteiger partial charge in [0.05, 0.1) is 6.54 Å². The Hall–Kier alpha value is -3.70. The van der Waals surface area contributed by atoms with Crippen LogP contribution in [0.3, 0.4) is 0 Å². The molecule has 2 amide bonds. The first kappa shape index (κ1) is 23.5. The highest BCUT2D eigenvalue weighted by atomic mass is 16.2. The SMILES string of the molecule is Cc1cccc(C)c1NC(=O)CN1CCN(C(=O)/C(=C\c2ccccc2)c2ccccc2)CC1. The molecule has 1 aliphatic rings. The van der Waals surface area contributed by atoms with Gasteiger partial charge in [0.15, 0.2) is 0 Å². The summed E-state index contributed by atoms with van der Waals surface area (Å²) in [5.41, 5.74) is 5.60. The van der Waals surface area contributed by atoms with Crippen LogP contribution in [0.1, 0.15) is 22.3 Å². The summed E-state index contributed by atoms with van der Waals surface area (Å²) in [6, 6.07) is 25.7. The van der Waals surface area contributed by atoms with E-state index in [1.807, 2.05) is 104 Å². The molecule has 5 heteroatoms. The molecule has 1 aliphatic heterocycles. The molecular formula is C29H31N3O2. The Labute approximate surface area is 201 Å². The van der Waals surface area contributed by atoms with Gasteiger partial charge in [0.2, 0.25) is 5.91 Å². The van der Waals surface area contributed by atoms with Crippen LogP contribution in [0.15, 0.2) is 78.9 Å². The second kappa shape index (κ2) is 10.9. The molecule has 0 spiro atoms. The highest BCUT2D eigenvalue weighted by molar-refractivity contribution is 6.24. The topological polar surface area (TPSA) is 52.7 Å². The Morgan fingerprint density at radius 1 is 0.794 bits per heavy atom. The molecule has 174 valence electrons. The average molecular weight is 454 g/mol. The van der Waals surface area contributed by atoms with Gasteiger partial charge in [-0.15, -0.1) is 0 Å². The van der Waals surface area contributed by atoms with Gasteiger partial charge in [-0.1, -0.05) is 78.9 Å². The van der Waals surface area contributed by atoms with Crippen LogP contribution in [0, 0.1) is 13.8 Å². The minimum absolute atomic E-state index is 0.0221. The Balaban J connectivity index is 1.40. The van der Waals surface area contributed by atoms with Gasteiger partial charge >= 0.3 is 0 Å². The van der Waals surface area contributed by atoms with Crippen LogP contribution in [0.2, 0.25) is 0 Å². The molecule has 5 nitrogen and oxygen atoms in total. The zero-order valence-electron chi connectivity index (χ0n) is 19.8. The van der Waals surface area contributed by atoms with Crippen molar-refractivity contribution in [3.63, 3.8) is 0 Å². The fourth-order valence-corrected chi connectivity index (χ4v) is 4.28. The molecule has 1 saturated heterocycles. The summed E-state index contributed by atoms with van der Waals surface area (Å²) < 4.78 is 0. The number of piperazine rings is 1. The van der Waals surface area contributed by atoms with Crippen LogP contribution < -0.4 is 5.32 Å². The summed E-state index contributed by atoms with van der Waals surface area (Å²) in [4.78, 5) is 30.2. The fraction of sp³-hybridized carbons (Fsp3) is 0.241. The molecule has 3 aromatic rings. The smallest absolute Gasteiger partial charge is 0.254 e. The average Bonchev–Trinajstić information content (AvgIpc) is 2.86. The summed E-state index contributed by atoms with van der Waals surface area (Å²) >= 11 is 0. The van der Waals surface area contributed by atoms with Gasteiger partial charge in [0, 0.05) is 37.4 Å². The molecule has 0 bridgehead atoms. The zero-order chi connectivity index (χ0) is 23.9. The second-order valence-electron chi connectivity index (χ2n) is 8.72. The number of anilines is 1. The maximum absolute atomic E-state index is 13.5. The van der Waals surface area contributed by atoms with Gasteiger partial charge in [-0.25, -0.2) is 0 Å². The van der Waals surface area contributed by atoms with Crippen molar-refractivity contribution < 1.29 is 9.59 Å². The quantitative estimate of drug-likeness (QED) is 0.437. The van der Waals surface area contributed by atoms with Crippen LogP contribution in [0.25, 0.3) is 11.6 Å². The molecule has 0 saturated carbocycles. The van der Waals surface area contributed by atoms with Gasteiger partial charge in [-0.05, 0) is 42.2 Å². The standard InChI is InChI=1S/C29H31N3O2/c1-22-10-9-11-23(2)28(22)30-27(33)21-31-16-18-32(19-17-31)29(34)26(25-14-7-4-8-15-25)20-24-12-5-3-6-13-24/h3-15,20H,16-19,21H2,1-2H3,(H,30,33)/b26-20-. The number of amides is 2. The first-order chi connectivity index (χ1) is 16.5. The number of rotatable bonds is 6. The lowest BCUT2D eigenvalue weighted by Gasteiger charge is -2.35. The van der Waals surface area contributed by atoms with E-state index in [9.17, 15) is 9.59 Å². The number of hydrogen-bond acceptors (Lipinski definition) is 3. The molecule has 1 N–H and O–H groups in total. The number of para-hydroxylation sites is 1. The maximum Gasteiger partial charge on any atom is 0.254 e. The van der Waals surface area contributed by atoms with E-state index in [0.29, 0.717) is 38.3 Å². The van der Waals surface area contributed by atoms with Crippen molar-refractivity contribution >= 4 is 29.2 Å². The van der Waals surface area contributed by atoms with Crippen molar-refractivity contribution in [2.75, 3.05) is 38.0 Å². The van der Waals surface area contributed by atoms with Crippen LogP contribution >= 0.6 is 0 Å². The van der Waals surface area contributed by atoms with Gasteiger partial charge in [-0.2, -0.15) is 0 Å². The van der Waals surface area contributed by atoms with Crippen LogP contribution in [0.5, 0.6) is 0 Å². The maximum atomic E-state index is 13.5. The largest absolute Gasteiger partial charge is 0.336 e. The fourth-order valence-electron chi connectivity index (χ4n) is 4.28. The Bertz CT molecular complexity index is 1140. The molecule has 0 atom stereocenters. The summed E-state index contributed by atoms with van der Waals surface area (Å²) in [6.07, 6.45) is 1.96. The third-order valence-corrected chi connectivity index (χ3v) is 6.20. The minimum Gasteiger partial charge on any atom is -0.336 e. The van der Waals surface area contributed by atoms with Gasteiger partial charge in [0.1, 0.15) is 0 Å². The predicted octanol–water partition coefficient (Wildman–Crippen LogP) is 4.63. The molecular weight excluding hydrogens is 422 g/mol. The number of nitrogens with one attached hydrogen (secondary N) is 1. The number of carbonyl (C=O) groups is 2. The van der Waals surface area contributed by atoms with Crippen molar-refractivity contribution in [2.45, 2.75) is 13.8 Å². The lowest BCUT2D eigenvalue weighted by atomic mass is 10.0. The Morgan fingerprint density at radius 3 is 2.00 bits per heavy atom. The van der Waals surface area contributed by atoms with E-state index >= 15 is 0 Å². The second-order valence-corrected chi connectivity index (χ2v) is 8.72. The molecule has 34 heavy (non-hydrogen) atoms. The van der Waals surface area contributed by atoms with E-state index in [0.717, 1.165) is 27.9 Å². The van der Waals surface area contributed by atoms with Crippen LogP contribution in [-0.2, 0) is 9.59 Å². The molecule has 0 radical (unpaired) electrons. The van der Waals surface area contributed by atoms with Crippen LogP contribution in [0.4, 0.5) is 5.69 Å². The monoisotopic (exact) mass is 453 g/mol. The lowest BCUT2D eigenvalue weighted by molar-refractivity contribution is -0.127. The minimum atomic E-state index is -0.0221. The van der Waals surface area contributed by atoms with E-state index in [1.165, 1.54) is 0 Å². The number of hydrogen-bond donors (Lipinski definition) is 1. The third-order valence-electron chi connectivity index (χ3n) is 6.20. The highest BCUT2D eigenvalue weighted by Crippen LogP contribution is 2.22. The Kier molecular flexibility index (Phi) is 7.55. The van der Waals surface area contributed by atoms with Gasteiger partial charge in [0.25, 0.3) is 5.91 Å². The molecule has 4 rings (SSSR count). The van der Waals surface area contributed by atoms with E-state index in [4.69, 9.17) is 0 Å². The first-order valence-corrected chi connectivity index (χ1v) is 11.7. The number of carbonyl (C=O) groups excluding carboxylic acids is 2. The van der Waals surface area contributed by atoms with E-state index < -0.39 is 0 Å². The lowest BCUT2D eigenvalue weighted by Crippen LogP contribution is -2.50. The van der Waals surface area contributed by atoms with Crippen LogP contribution in [-0.4, -0.2) is 54.3 Å². The number of nitrogens with zero attached hydrogens (tertiary/aromatic N) is 2. The van der Waals surface area contributed by atoms with Crippen molar-refractivity contribution in [3.05, 3.63) is 101 Å². The normalized spacial score (nSPS) is 14.6. The zero-order valence-corrected chi connectivity index (χ0v) is 19.8. The molecule has 0 aliphatic carbocycles. The van der Waals surface area contributed by atoms with Gasteiger partial charge < -0.3 is 10.2 Å². The molecule has 1 heterocycles. The van der Waals surface area contributed by atoms with E-state index in [1.54, 1.807) is 0 Å². The van der Waals surface area contributed by atoms with Crippen molar-refractivity contribution in [2.24, 2.45) is 0 Å². The summed E-state index contributed by atoms with van der Waals surface area (Å²) in [6.45, 7) is 6.84. The van der Waals surface area contributed by atoms with Crippen molar-refractivity contribution in [3.8, 4) is 0 Å². The van der Waals surface area contributed by atoms with E-state index in [2.05, 4.69) is 10.2 Å². The van der Waals surface area contributed by atoms with E-state index in [-0.39, 0.29) is 11.8 Å². The summed E-state index contributed by atoms with van der Waals surface area (Å²) in [7, 11) is 0. The summed E-state index contributed by atoms with van der Waals surface area (Å²) in [5.74, 6) is 0.000754. The van der Waals surface area contributed by atoms with Crippen molar-refractivity contribution in [1.82, 2.24) is 9.80 Å². The highest BCUT2D eigenvalue weighted by Gasteiger charge is 2.25. The predicted molar refractivity (Wildman–Crippen MR) is 138 cm³/mol. The van der Waals surface area contributed by atoms with Gasteiger partial charge in [-0.3, -0.25) is 14.5 Å². The molecule has 0 unspecified atom stereocenters. The third kappa shape index (κ3) is 5.80. The number of benzene rings is 3. The first-order valence-electron chi connectivity index (χ1n) is 11.7. The Morgan fingerprint density at radius 2 is 1.38 bits per heavy atom. The molecule has 0 aromatic heterocycles. The summed E-state index contributed by atoms with van der Waals surface area (Å²) in [5, 5.41) is 3.06. The van der Waals surface area contributed by atoms with Crippen molar-refractivity contribution in [1.29, 1.82) is 0 Å². The number of aryl methyl sites for hydroxylation is 2.